The molecule has 0 fully saturated rings. The molecule has 0 aliphatic heterocycles. The number of hydrogen-bond acceptors (Lipinski definition) is 6. The monoisotopic (exact) mass is 376 g/mol. The van der Waals surface area contributed by atoms with E-state index in [4.69, 9.17) is 9.29 Å². The van der Waals surface area contributed by atoms with Crippen molar-refractivity contribution in [3.05, 3.63) is 59.2 Å². The van der Waals surface area contributed by atoms with Crippen molar-refractivity contribution >= 4 is 34.2 Å². The third-order valence-corrected chi connectivity index (χ3v) is 4.18. The highest BCUT2D eigenvalue weighted by Crippen LogP contribution is 2.23. The normalized spacial score (nSPS) is 11.3. The van der Waals surface area contributed by atoms with Gasteiger partial charge in [-0.25, -0.2) is 4.79 Å². The highest BCUT2D eigenvalue weighted by molar-refractivity contribution is 7.85. The first-order chi connectivity index (χ1) is 12.2. The number of benzene rings is 2. The van der Waals surface area contributed by atoms with Crippen molar-refractivity contribution in [1.29, 1.82) is 0 Å². The van der Waals surface area contributed by atoms with Crippen molar-refractivity contribution in [2.45, 2.75) is 11.8 Å². The smallest absolute Gasteiger partial charge is 0.341 e. The molecule has 26 heavy (non-hydrogen) atoms. The molecule has 0 saturated carbocycles. The Bertz CT molecular complexity index is 958. The molecule has 0 heterocycles. The zero-order valence-corrected chi connectivity index (χ0v) is 14.8. The first-order valence-corrected chi connectivity index (χ1v) is 8.81. The Morgan fingerprint density at radius 1 is 1.00 bits per heavy atom. The van der Waals surface area contributed by atoms with Crippen molar-refractivity contribution < 1.29 is 32.0 Å². The molecule has 0 unspecified atom stereocenters. The van der Waals surface area contributed by atoms with E-state index < -0.39 is 22.1 Å². The van der Waals surface area contributed by atoms with Gasteiger partial charge in [-0.2, -0.15) is 8.42 Å². The number of rotatable bonds is 5. The van der Waals surface area contributed by atoms with Crippen LogP contribution in [0.2, 0.25) is 0 Å². The van der Waals surface area contributed by atoms with Crippen LogP contribution < -0.4 is 4.74 Å². The molecule has 0 atom stereocenters. The van der Waals surface area contributed by atoms with E-state index >= 15 is 0 Å². The van der Waals surface area contributed by atoms with Gasteiger partial charge in [0.05, 0.1) is 12.0 Å². The van der Waals surface area contributed by atoms with Crippen molar-refractivity contribution in [1.82, 2.24) is 0 Å². The third-order valence-electron chi connectivity index (χ3n) is 3.31. The fraction of sp³-hybridized carbons (Fsp3) is 0.111. The predicted octanol–water partition coefficient (Wildman–Crippen LogP) is 2.82. The van der Waals surface area contributed by atoms with Gasteiger partial charge in [0.25, 0.3) is 10.1 Å². The van der Waals surface area contributed by atoms with Crippen LogP contribution in [0.1, 0.15) is 28.4 Å². The lowest BCUT2D eigenvalue weighted by Crippen LogP contribution is -2.09. The lowest BCUT2D eigenvalue weighted by molar-refractivity contribution is -0.131. The van der Waals surface area contributed by atoms with Crippen LogP contribution in [0.3, 0.4) is 0 Å². The van der Waals surface area contributed by atoms with E-state index in [0.717, 1.165) is 0 Å². The number of carbonyl (C=O) groups is 2. The molecule has 0 spiro atoms. The van der Waals surface area contributed by atoms with Gasteiger partial charge in [-0.1, -0.05) is 30.4 Å². The van der Waals surface area contributed by atoms with Crippen molar-refractivity contribution in [2.75, 3.05) is 7.11 Å². The minimum Gasteiger partial charge on any atom is -0.465 e. The second kappa shape index (κ2) is 7.94. The molecule has 0 bridgehead atoms. The SMILES string of the molecule is COC(=O)c1cc(C=Cc2ccc(S(=O)(=O)O)cc2)ccc1OC(C)=O. The zero-order chi connectivity index (χ0) is 19.3. The van der Waals surface area contributed by atoms with E-state index in [-0.39, 0.29) is 16.2 Å². The van der Waals surface area contributed by atoms with Crippen LogP contribution in [0, 0.1) is 0 Å². The van der Waals surface area contributed by atoms with Crippen LogP contribution >= 0.6 is 0 Å². The van der Waals surface area contributed by atoms with E-state index in [9.17, 15) is 18.0 Å². The highest BCUT2D eigenvalue weighted by atomic mass is 32.2. The summed E-state index contributed by atoms with van der Waals surface area (Å²) < 4.78 is 40.7. The average Bonchev–Trinajstić information content (AvgIpc) is 2.59. The Hall–Kier alpha value is -2.97. The van der Waals surface area contributed by atoms with Crippen LogP contribution in [0.25, 0.3) is 12.2 Å². The number of carbonyl (C=O) groups excluding carboxylic acids is 2. The molecule has 136 valence electrons. The predicted molar refractivity (Wildman–Crippen MR) is 94.3 cm³/mol. The third kappa shape index (κ3) is 5.01. The summed E-state index contributed by atoms with van der Waals surface area (Å²) in [4.78, 5) is 22.8. The first-order valence-electron chi connectivity index (χ1n) is 7.37. The summed E-state index contributed by atoms with van der Waals surface area (Å²) in [5, 5.41) is 0. The van der Waals surface area contributed by atoms with Gasteiger partial charge in [-0.05, 0) is 35.4 Å². The van der Waals surface area contributed by atoms with Crippen LogP contribution in [0.4, 0.5) is 0 Å². The summed E-state index contributed by atoms with van der Waals surface area (Å²) in [5.41, 5.74) is 1.42. The lowest BCUT2D eigenvalue weighted by Gasteiger charge is -2.08. The summed E-state index contributed by atoms with van der Waals surface area (Å²) >= 11 is 0. The average molecular weight is 376 g/mol. The van der Waals surface area contributed by atoms with Gasteiger partial charge in [-0.15, -0.1) is 0 Å². The summed E-state index contributed by atoms with van der Waals surface area (Å²) in [6, 6.07) is 10.2. The van der Waals surface area contributed by atoms with Gasteiger partial charge in [0.1, 0.15) is 11.3 Å². The van der Waals surface area contributed by atoms with E-state index in [1.807, 2.05) is 0 Å². The van der Waals surface area contributed by atoms with Gasteiger partial charge in [0.2, 0.25) is 0 Å². The quantitative estimate of drug-likeness (QED) is 0.370. The molecule has 8 heteroatoms. The van der Waals surface area contributed by atoms with Crippen LogP contribution in [-0.4, -0.2) is 32.0 Å². The van der Waals surface area contributed by atoms with Crippen molar-refractivity contribution in [3.8, 4) is 5.75 Å². The molecule has 2 aromatic carbocycles. The lowest BCUT2D eigenvalue weighted by atomic mass is 10.1. The highest BCUT2D eigenvalue weighted by Gasteiger charge is 2.15. The summed E-state index contributed by atoms with van der Waals surface area (Å²) in [6.07, 6.45) is 3.38. The van der Waals surface area contributed by atoms with Gasteiger partial charge in [-0.3, -0.25) is 9.35 Å². The summed E-state index contributed by atoms with van der Waals surface area (Å²) in [6.45, 7) is 1.23. The maximum atomic E-state index is 11.9. The number of esters is 2. The Kier molecular flexibility index (Phi) is 5.91. The fourth-order valence-corrected chi connectivity index (χ4v) is 2.59. The van der Waals surface area contributed by atoms with Gasteiger partial charge >= 0.3 is 11.9 Å². The maximum Gasteiger partial charge on any atom is 0.341 e. The van der Waals surface area contributed by atoms with Crippen LogP contribution in [-0.2, 0) is 19.6 Å². The first kappa shape index (κ1) is 19.4. The Morgan fingerprint density at radius 2 is 1.58 bits per heavy atom. The standard InChI is InChI=1S/C18H16O7S/c1-12(19)25-17-10-7-14(11-16(17)18(20)24-2)4-3-13-5-8-15(9-6-13)26(21,22)23/h3-11H,1-2H3,(H,21,22,23). The zero-order valence-electron chi connectivity index (χ0n) is 14.0. The van der Waals surface area contributed by atoms with E-state index in [0.29, 0.717) is 11.1 Å². The fourth-order valence-electron chi connectivity index (χ4n) is 2.11. The number of ether oxygens (including phenoxy) is 2. The molecule has 1 N–H and O–H groups in total. The second-order valence-corrected chi connectivity index (χ2v) is 6.64. The Balaban J connectivity index is 2.30. The van der Waals surface area contributed by atoms with E-state index in [1.54, 1.807) is 18.2 Å². The van der Waals surface area contributed by atoms with Crippen LogP contribution in [0.15, 0.2) is 47.4 Å². The minimum atomic E-state index is -4.24. The largest absolute Gasteiger partial charge is 0.465 e. The van der Waals surface area contributed by atoms with Gasteiger partial charge in [0.15, 0.2) is 0 Å². The molecule has 0 amide bonds. The molecular weight excluding hydrogens is 360 g/mol. The number of methoxy groups -OCH3 is 1. The molecule has 2 rings (SSSR count). The molecule has 2 aromatic rings. The molecule has 0 saturated heterocycles. The van der Waals surface area contributed by atoms with Crippen molar-refractivity contribution in [2.24, 2.45) is 0 Å². The molecule has 7 nitrogen and oxygen atoms in total. The summed E-state index contributed by atoms with van der Waals surface area (Å²) in [7, 11) is -3.02. The molecule has 0 aliphatic rings. The number of hydrogen-bond donors (Lipinski definition) is 1. The Morgan fingerprint density at radius 3 is 2.12 bits per heavy atom. The molecule has 0 radical (unpaired) electrons. The molecule has 0 aromatic heterocycles. The van der Waals surface area contributed by atoms with Gasteiger partial charge in [0, 0.05) is 6.92 Å². The maximum absolute atomic E-state index is 11.9. The molecular formula is C18H16O7S. The van der Waals surface area contributed by atoms with E-state index in [1.165, 1.54) is 50.4 Å². The minimum absolute atomic E-state index is 0.0963. The van der Waals surface area contributed by atoms with Crippen LogP contribution in [0.5, 0.6) is 5.75 Å². The topological polar surface area (TPSA) is 107 Å². The van der Waals surface area contributed by atoms with Gasteiger partial charge < -0.3 is 9.47 Å². The Labute approximate surface area is 150 Å². The van der Waals surface area contributed by atoms with Crippen molar-refractivity contribution in [3.63, 3.8) is 0 Å². The molecule has 0 aliphatic carbocycles. The summed E-state index contributed by atoms with van der Waals surface area (Å²) in [5.74, 6) is -1.11. The second-order valence-electron chi connectivity index (χ2n) is 5.22. The van der Waals surface area contributed by atoms with E-state index in [2.05, 4.69) is 4.74 Å².